The molecule has 0 bridgehead atoms. The second-order valence-corrected chi connectivity index (χ2v) is 5.64. The van der Waals surface area contributed by atoms with Crippen molar-refractivity contribution in [1.29, 1.82) is 0 Å². The van der Waals surface area contributed by atoms with E-state index in [1.807, 2.05) is 24.3 Å². The van der Waals surface area contributed by atoms with Crippen molar-refractivity contribution < 1.29 is 4.52 Å². The maximum absolute atomic E-state index is 5.39. The van der Waals surface area contributed by atoms with Gasteiger partial charge in [0.1, 0.15) is 5.69 Å². The van der Waals surface area contributed by atoms with Crippen molar-refractivity contribution in [3.05, 3.63) is 36.2 Å². The lowest BCUT2D eigenvalue weighted by atomic mass is 10.2. The van der Waals surface area contributed by atoms with E-state index in [4.69, 9.17) is 4.52 Å². The zero-order valence-electron chi connectivity index (χ0n) is 13.1. The van der Waals surface area contributed by atoms with Gasteiger partial charge in [-0.25, -0.2) is 0 Å². The Morgan fingerprint density at radius 3 is 2.57 bits per heavy atom. The standard InChI is InChI=1S/C16H24N4O/c1-19(2)10-6-7-11-20(3)13-14-12-16(18-21-14)15-8-4-5-9-17-15/h4-5,8-9,12H,6-7,10-11,13H2,1-3H3. The molecule has 0 atom stereocenters. The van der Waals surface area contributed by atoms with Crippen LogP contribution in [0.2, 0.25) is 0 Å². The summed E-state index contributed by atoms with van der Waals surface area (Å²) >= 11 is 0. The first-order valence-corrected chi connectivity index (χ1v) is 7.35. The highest BCUT2D eigenvalue weighted by Crippen LogP contribution is 2.17. The first kappa shape index (κ1) is 15.7. The number of hydrogen-bond acceptors (Lipinski definition) is 5. The van der Waals surface area contributed by atoms with Crippen molar-refractivity contribution in [2.45, 2.75) is 19.4 Å². The number of nitrogens with zero attached hydrogens (tertiary/aromatic N) is 4. The summed E-state index contributed by atoms with van der Waals surface area (Å²) in [5.74, 6) is 0.880. The third kappa shape index (κ3) is 5.28. The Labute approximate surface area is 126 Å². The molecule has 0 amide bonds. The van der Waals surface area contributed by atoms with E-state index in [0.717, 1.165) is 36.8 Å². The number of aromatic nitrogens is 2. The molecule has 21 heavy (non-hydrogen) atoms. The van der Waals surface area contributed by atoms with E-state index >= 15 is 0 Å². The van der Waals surface area contributed by atoms with Gasteiger partial charge >= 0.3 is 0 Å². The number of rotatable bonds is 8. The molecule has 2 aromatic heterocycles. The molecule has 0 aromatic carbocycles. The monoisotopic (exact) mass is 288 g/mol. The molecule has 0 radical (unpaired) electrons. The molecule has 2 aromatic rings. The summed E-state index contributed by atoms with van der Waals surface area (Å²) in [4.78, 5) is 8.76. The largest absolute Gasteiger partial charge is 0.359 e. The minimum absolute atomic E-state index is 0.780. The van der Waals surface area contributed by atoms with Crippen molar-refractivity contribution in [3.63, 3.8) is 0 Å². The summed E-state index contributed by atoms with van der Waals surface area (Å²) in [6.45, 7) is 2.98. The van der Waals surface area contributed by atoms with Crippen LogP contribution in [0.3, 0.4) is 0 Å². The fraction of sp³-hybridized carbons (Fsp3) is 0.500. The fourth-order valence-corrected chi connectivity index (χ4v) is 2.18. The van der Waals surface area contributed by atoms with Gasteiger partial charge in [-0.3, -0.25) is 9.88 Å². The maximum Gasteiger partial charge on any atom is 0.151 e. The minimum atomic E-state index is 0.780. The molecule has 0 saturated heterocycles. The van der Waals surface area contributed by atoms with Crippen molar-refractivity contribution in [3.8, 4) is 11.4 Å². The van der Waals surface area contributed by atoms with Crippen molar-refractivity contribution in [2.75, 3.05) is 34.2 Å². The van der Waals surface area contributed by atoms with Gasteiger partial charge in [-0.2, -0.15) is 0 Å². The van der Waals surface area contributed by atoms with E-state index in [9.17, 15) is 0 Å². The molecule has 0 aliphatic heterocycles. The van der Waals surface area contributed by atoms with E-state index in [1.54, 1.807) is 6.20 Å². The first-order valence-electron chi connectivity index (χ1n) is 7.35. The molecule has 0 unspecified atom stereocenters. The lowest BCUT2D eigenvalue weighted by Crippen LogP contribution is -2.20. The minimum Gasteiger partial charge on any atom is -0.359 e. The molecule has 5 nitrogen and oxygen atoms in total. The molecule has 0 N–H and O–H groups in total. The summed E-state index contributed by atoms with van der Waals surface area (Å²) < 4.78 is 5.39. The molecule has 2 heterocycles. The van der Waals surface area contributed by atoms with Crippen LogP contribution in [0.4, 0.5) is 0 Å². The molecular weight excluding hydrogens is 264 g/mol. The lowest BCUT2D eigenvalue weighted by molar-refractivity contribution is 0.264. The van der Waals surface area contributed by atoms with Crippen LogP contribution in [0.5, 0.6) is 0 Å². The second kappa shape index (κ2) is 7.90. The summed E-state index contributed by atoms with van der Waals surface area (Å²) in [6.07, 6.45) is 4.17. The molecule has 5 heteroatoms. The van der Waals surface area contributed by atoms with Crippen molar-refractivity contribution in [1.82, 2.24) is 19.9 Å². The van der Waals surface area contributed by atoms with Gasteiger partial charge in [0.2, 0.25) is 0 Å². The Morgan fingerprint density at radius 1 is 1.05 bits per heavy atom. The summed E-state index contributed by atoms with van der Waals surface area (Å²) in [6, 6.07) is 7.75. The number of hydrogen-bond donors (Lipinski definition) is 0. The number of unbranched alkanes of at least 4 members (excludes halogenated alkanes) is 1. The van der Waals surface area contributed by atoms with E-state index in [-0.39, 0.29) is 0 Å². The van der Waals surface area contributed by atoms with Crippen molar-refractivity contribution >= 4 is 0 Å². The average Bonchev–Trinajstić information content (AvgIpc) is 2.93. The van der Waals surface area contributed by atoms with Gasteiger partial charge in [0.15, 0.2) is 5.76 Å². The third-order valence-corrected chi connectivity index (χ3v) is 3.31. The maximum atomic E-state index is 5.39. The molecule has 2 rings (SSSR count). The highest BCUT2D eigenvalue weighted by atomic mass is 16.5. The number of pyridine rings is 1. The Kier molecular flexibility index (Phi) is 5.90. The zero-order chi connectivity index (χ0) is 15.1. The molecule has 0 aliphatic rings. The van der Waals surface area contributed by atoms with Crippen molar-refractivity contribution in [2.24, 2.45) is 0 Å². The van der Waals surface area contributed by atoms with E-state index < -0.39 is 0 Å². The quantitative estimate of drug-likeness (QED) is 0.698. The molecule has 0 aliphatic carbocycles. The SMILES string of the molecule is CN(C)CCCCN(C)Cc1cc(-c2ccccn2)no1. The van der Waals surface area contributed by atoms with Crippen LogP contribution >= 0.6 is 0 Å². The highest BCUT2D eigenvalue weighted by molar-refractivity contribution is 5.52. The topological polar surface area (TPSA) is 45.4 Å². The highest BCUT2D eigenvalue weighted by Gasteiger charge is 2.09. The molecular formula is C16H24N4O. The smallest absolute Gasteiger partial charge is 0.151 e. The Bertz CT molecular complexity index is 524. The van der Waals surface area contributed by atoms with Gasteiger partial charge in [-0.1, -0.05) is 11.2 Å². The van der Waals surface area contributed by atoms with E-state index in [2.05, 4.69) is 41.1 Å². The van der Waals surface area contributed by atoms with Crippen LogP contribution in [0, 0.1) is 0 Å². The summed E-state index contributed by atoms with van der Waals surface area (Å²) in [7, 11) is 6.33. The predicted molar refractivity (Wildman–Crippen MR) is 83.9 cm³/mol. The summed E-state index contributed by atoms with van der Waals surface area (Å²) in [5, 5.41) is 4.09. The molecule has 114 valence electrons. The van der Waals surface area contributed by atoms with E-state index in [0.29, 0.717) is 0 Å². The normalized spacial score (nSPS) is 11.5. The molecule has 0 saturated carbocycles. The first-order chi connectivity index (χ1) is 10.1. The van der Waals surface area contributed by atoms with Crippen LogP contribution in [-0.2, 0) is 6.54 Å². The average molecular weight is 288 g/mol. The van der Waals surface area contributed by atoms with Crippen LogP contribution in [-0.4, -0.2) is 54.2 Å². The van der Waals surface area contributed by atoms with Gasteiger partial charge in [-0.05, 0) is 59.2 Å². The van der Waals surface area contributed by atoms with Crippen LogP contribution in [0.15, 0.2) is 35.0 Å². The van der Waals surface area contributed by atoms with Gasteiger partial charge in [0.25, 0.3) is 0 Å². The Balaban J connectivity index is 1.79. The molecule has 0 fully saturated rings. The van der Waals surface area contributed by atoms with Gasteiger partial charge in [0, 0.05) is 12.3 Å². The Morgan fingerprint density at radius 2 is 1.86 bits per heavy atom. The summed E-state index contributed by atoms with van der Waals surface area (Å²) in [5.41, 5.74) is 1.65. The third-order valence-electron chi connectivity index (χ3n) is 3.31. The van der Waals surface area contributed by atoms with Gasteiger partial charge < -0.3 is 9.42 Å². The van der Waals surface area contributed by atoms with Gasteiger partial charge in [0.05, 0.1) is 12.2 Å². The van der Waals surface area contributed by atoms with E-state index in [1.165, 1.54) is 12.8 Å². The molecule has 0 spiro atoms. The van der Waals surface area contributed by atoms with Crippen LogP contribution < -0.4 is 0 Å². The van der Waals surface area contributed by atoms with Crippen LogP contribution in [0.25, 0.3) is 11.4 Å². The second-order valence-electron chi connectivity index (χ2n) is 5.64. The van der Waals surface area contributed by atoms with Crippen LogP contribution in [0.1, 0.15) is 18.6 Å². The Hall–Kier alpha value is -1.72. The predicted octanol–water partition coefficient (Wildman–Crippen LogP) is 2.51. The fourth-order valence-electron chi connectivity index (χ4n) is 2.18. The zero-order valence-corrected chi connectivity index (χ0v) is 13.1. The lowest BCUT2D eigenvalue weighted by Gasteiger charge is -2.15. The van der Waals surface area contributed by atoms with Gasteiger partial charge in [-0.15, -0.1) is 0 Å².